The minimum absolute atomic E-state index is 0.0490. The van der Waals surface area contributed by atoms with Crippen LogP contribution in [0.4, 0.5) is 0 Å². The van der Waals surface area contributed by atoms with Crippen molar-refractivity contribution >= 4 is 43.5 Å². The van der Waals surface area contributed by atoms with Gasteiger partial charge in [0.1, 0.15) is 11.9 Å². The first-order chi connectivity index (χ1) is 9.54. The lowest BCUT2D eigenvalue weighted by Gasteiger charge is -2.31. The van der Waals surface area contributed by atoms with Gasteiger partial charge in [-0.05, 0) is 36.4 Å². The fourth-order valence-electron chi connectivity index (χ4n) is 2.43. The second-order valence-corrected chi connectivity index (χ2v) is 7.00. The van der Waals surface area contributed by atoms with Gasteiger partial charge in [-0.2, -0.15) is 0 Å². The lowest BCUT2D eigenvalue weighted by molar-refractivity contribution is 0.161. The molecule has 0 aromatic heterocycles. The van der Waals surface area contributed by atoms with Crippen LogP contribution < -0.4 is 10.5 Å². The van der Waals surface area contributed by atoms with Crippen LogP contribution >= 0.6 is 43.5 Å². The van der Waals surface area contributed by atoms with E-state index in [9.17, 15) is 0 Å². The summed E-state index contributed by atoms with van der Waals surface area (Å²) < 4.78 is 8.09. The molecule has 1 unspecified atom stereocenters. The maximum absolute atomic E-state index is 6.28. The minimum Gasteiger partial charge on any atom is -0.485 e. The van der Waals surface area contributed by atoms with Gasteiger partial charge in [0.15, 0.2) is 0 Å². The zero-order chi connectivity index (χ0) is 14.3. The molecule has 1 aliphatic heterocycles. The van der Waals surface area contributed by atoms with Crippen molar-refractivity contribution in [1.82, 2.24) is 0 Å². The Kier molecular flexibility index (Phi) is 4.09. The van der Waals surface area contributed by atoms with Gasteiger partial charge in [0.05, 0.1) is 0 Å². The van der Waals surface area contributed by atoms with E-state index in [0.717, 1.165) is 32.2 Å². The highest BCUT2D eigenvalue weighted by Crippen LogP contribution is 2.42. The summed E-state index contributed by atoms with van der Waals surface area (Å²) >= 11 is 13.1. The van der Waals surface area contributed by atoms with Crippen molar-refractivity contribution in [3.05, 3.63) is 61.5 Å². The smallest absolute Gasteiger partial charge is 0.127 e. The van der Waals surface area contributed by atoms with Gasteiger partial charge in [-0.15, -0.1) is 0 Å². The summed E-state index contributed by atoms with van der Waals surface area (Å²) in [4.78, 5) is 0. The number of nitrogens with two attached hydrogens (primary N) is 1. The maximum Gasteiger partial charge on any atom is 0.127 e. The summed E-state index contributed by atoms with van der Waals surface area (Å²) in [5, 5.41) is 0.696. The Morgan fingerprint density at radius 3 is 2.70 bits per heavy atom. The largest absolute Gasteiger partial charge is 0.485 e. The quantitative estimate of drug-likeness (QED) is 0.675. The predicted molar refractivity (Wildman–Crippen MR) is 88.2 cm³/mol. The summed E-state index contributed by atoms with van der Waals surface area (Å²) in [6, 6.07) is 11.6. The number of fused-ring (bicyclic) bond motifs is 1. The van der Waals surface area contributed by atoms with Crippen LogP contribution in [0, 0.1) is 0 Å². The van der Waals surface area contributed by atoms with Crippen LogP contribution in [-0.2, 0) is 0 Å². The first-order valence-electron chi connectivity index (χ1n) is 6.21. The van der Waals surface area contributed by atoms with Crippen LogP contribution in [0.25, 0.3) is 0 Å². The van der Waals surface area contributed by atoms with Gasteiger partial charge in [0.25, 0.3) is 0 Å². The fourth-order valence-corrected chi connectivity index (χ4v) is 3.49. The molecule has 0 spiro atoms. The van der Waals surface area contributed by atoms with Gasteiger partial charge in [-0.25, -0.2) is 0 Å². The molecular weight excluding hydrogens is 405 g/mol. The topological polar surface area (TPSA) is 35.2 Å². The van der Waals surface area contributed by atoms with Crippen molar-refractivity contribution in [1.29, 1.82) is 0 Å². The maximum atomic E-state index is 6.28. The molecule has 0 fully saturated rings. The number of hydrogen-bond acceptors (Lipinski definition) is 2. The van der Waals surface area contributed by atoms with E-state index in [2.05, 4.69) is 31.9 Å². The molecule has 0 bridgehead atoms. The molecule has 104 valence electrons. The molecule has 20 heavy (non-hydrogen) atoms. The SMILES string of the molecule is N[C@H]1CC(c2cc(Cl)ccc2Br)Oc2ccc(Br)cc21. The molecule has 1 heterocycles. The Hall–Kier alpha value is -0.550. The van der Waals surface area contributed by atoms with E-state index in [1.165, 1.54) is 0 Å². The van der Waals surface area contributed by atoms with Crippen LogP contribution in [0.3, 0.4) is 0 Å². The van der Waals surface area contributed by atoms with Crippen molar-refractivity contribution in [2.75, 3.05) is 0 Å². The van der Waals surface area contributed by atoms with E-state index in [0.29, 0.717) is 5.02 Å². The first kappa shape index (κ1) is 14.4. The van der Waals surface area contributed by atoms with Crippen molar-refractivity contribution < 1.29 is 4.74 Å². The molecule has 2 nitrogen and oxygen atoms in total. The number of rotatable bonds is 1. The van der Waals surface area contributed by atoms with Crippen LogP contribution in [0.5, 0.6) is 5.75 Å². The third kappa shape index (κ3) is 2.75. The Morgan fingerprint density at radius 2 is 1.90 bits per heavy atom. The summed E-state index contributed by atoms with van der Waals surface area (Å²) in [6.45, 7) is 0. The molecule has 0 amide bonds. The molecule has 0 radical (unpaired) electrons. The Bertz CT molecular complexity index is 662. The fraction of sp³-hybridized carbons (Fsp3) is 0.200. The van der Waals surface area contributed by atoms with Gasteiger partial charge in [-0.1, -0.05) is 43.5 Å². The molecule has 5 heteroatoms. The van der Waals surface area contributed by atoms with Gasteiger partial charge < -0.3 is 10.5 Å². The van der Waals surface area contributed by atoms with Crippen molar-refractivity contribution in [2.24, 2.45) is 5.73 Å². The second kappa shape index (κ2) is 5.68. The average Bonchev–Trinajstić information content (AvgIpc) is 2.42. The van der Waals surface area contributed by atoms with Gasteiger partial charge in [0, 0.05) is 37.6 Å². The highest BCUT2D eigenvalue weighted by molar-refractivity contribution is 9.10. The van der Waals surface area contributed by atoms with Gasteiger partial charge >= 0.3 is 0 Å². The monoisotopic (exact) mass is 415 g/mol. The van der Waals surface area contributed by atoms with Crippen LogP contribution in [0.2, 0.25) is 5.02 Å². The minimum atomic E-state index is -0.0910. The Balaban J connectivity index is 1.99. The molecule has 1 aliphatic rings. The van der Waals surface area contributed by atoms with E-state index in [4.69, 9.17) is 22.1 Å². The highest BCUT2D eigenvalue weighted by atomic mass is 79.9. The normalized spacial score (nSPS) is 21.2. The molecular formula is C15H12Br2ClNO. The van der Waals surface area contributed by atoms with Gasteiger partial charge in [0.2, 0.25) is 0 Å². The third-order valence-electron chi connectivity index (χ3n) is 3.41. The lowest BCUT2D eigenvalue weighted by Crippen LogP contribution is -2.24. The number of benzene rings is 2. The molecule has 0 aliphatic carbocycles. The lowest BCUT2D eigenvalue weighted by atomic mass is 9.94. The zero-order valence-corrected chi connectivity index (χ0v) is 14.4. The van der Waals surface area contributed by atoms with E-state index >= 15 is 0 Å². The van der Waals surface area contributed by atoms with Crippen LogP contribution in [0.15, 0.2) is 45.3 Å². The van der Waals surface area contributed by atoms with Crippen LogP contribution in [-0.4, -0.2) is 0 Å². The predicted octanol–water partition coefficient (Wildman–Crippen LogP) is 5.39. The van der Waals surface area contributed by atoms with E-state index in [-0.39, 0.29) is 12.1 Å². The zero-order valence-electron chi connectivity index (χ0n) is 10.4. The Labute approximate surface area is 139 Å². The molecule has 2 aromatic carbocycles. The summed E-state index contributed by atoms with van der Waals surface area (Å²) in [5.74, 6) is 0.837. The first-order valence-corrected chi connectivity index (χ1v) is 8.17. The number of hydrogen-bond donors (Lipinski definition) is 1. The van der Waals surface area contributed by atoms with Crippen LogP contribution in [0.1, 0.15) is 29.7 Å². The Morgan fingerprint density at radius 1 is 1.10 bits per heavy atom. The summed E-state index contributed by atoms with van der Waals surface area (Å²) in [7, 11) is 0. The van der Waals surface area contributed by atoms with Crippen molar-refractivity contribution in [2.45, 2.75) is 18.6 Å². The molecule has 3 rings (SSSR count). The average molecular weight is 418 g/mol. The molecule has 0 saturated heterocycles. The molecule has 0 saturated carbocycles. The number of halogens is 3. The second-order valence-electron chi connectivity index (χ2n) is 4.80. The molecule has 2 aromatic rings. The number of ether oxygens (including phenoxy) is 1. The molecule has 2 atom stereocenters. The summed E-state index contributed by atoms with van der Waals surface area (Å²) in [6.07, 6.45) is 0.634. The molecule has 2 N–H and O–H groups in total. The van der Waals surface area contributed by atoms with E-state index < -0.39 is 0 Å². The van der Waals surface area contributed by atoms with Gasteiger partial charge in [-0.3, -0.25) is 0 Å². The van der Waals surface area contributed by atoms with E-state index in [1.807, 2.05) is 36.4 Å². The highest BCUT2D eigenvalue weighted by Gasteiger charge is 2.28. The van der Waals surface area contributed by atoms with Crippen molar-refractivity contribution in [3.8, 4) is 5.75 Å². The van der Waals surface area contributed by atoms with Crippen molar-refractivity contribution in [3.63, 3.8) is 0 Å². The third-order valence-corrected chi connectivity index (χ3v) is 4.86. The standard InChI is InChI=1S/C15H12Br2ClNO/c16-8-1-4-14-11(5-8)13(19)7-15(20-14)10-6-9(18)2-3-12(10)17/h1-6,13,15H,7,19H2/t13-,15?/m0/s1. The van der Waals surface area contributed by atoms with E-state index in [1.54, 1.807) is 0 Å². The summed E-state index contributed by atoms with van der Waals surface area (Å²) in [5.41, 5.74) is 8.35.